The summed E-state index contributed by atoms with van der Waals surface area (Å²) in [5, 5.41) is 0. The van der Waals surface area contributed by atoms with Gasteiger partial charge in [0.05, 0.1) is 6.10 Å². The minimum Gasteiger partial charge on any atom is -0.377 e. The Morgan fingerprint density at radius 2 is 1.91 bits per heavy atom. The third-order valence-electron chi connectivity index (χ3n) is 1.91. The van der Waals surface area contributed by atoms with Crippen LogP contribution in [0.4, 0.5) is 0 Å². The molecule has 2 heteroatoms. The summed E-state index contributed by atoms with van der Waals surface area (Å²) in [6.07, 6.45) is 1.53. The van der Waals surface area contributed by atoms with E-state index >= 15 is 0 Å². The Labute approximate surface area is 70.5 Å². The van der Waals surface area contributed by atoms with Gasteiger partial charge >= 0.3 is 0 Å². The van der Waals surface area contributed by atoms with E-state index in [9.17, 15) is 0 Å². The van der Waals surface area contributed by atoms with Gasteiger partial charge in [-0.15, -0.1) is 0 Å². The predicted octanol–water partition coefficient (Wildman–Crippen LogP) is 1.75. The van der Waals surface area contributed by atoms with Gasteiger partial charge in [0.25, 0.3) is 0 Å². The molecule has 0 rings (SSSR count). The van der Waals surface area contributed by atoms with Gasteiger partial charge in [-0.05, 0) is 26.9 Å². The molecule has 2 nitrogen and oxygen atoms in total. The Bertz CT molecular complexity index is 85.6. The van der Waals surface area contributed by atoms with Gasteiger partial charge < -0.3 is 9.64 Å². The fraction of sp³-hybridized carbons (Fsp3) is 1.00. The van der Waals surface area contributed by atoms with Gasteiger partial charge in [-0.1, -0.05) is 13.8 Å². The highest BCUT2D eigenvalue weighted by Gasteiger charge is 2.06. The van der Waals surface area contributed by atoms with E-state index in [4.69, 9.17) is 4.74 Å². The summed E-state index contributed by atoms with van der Waals surface area (Å²) in [4.78, 5) is 2.28. The van der Waals surface area contributed by atoms with Crippen LogP contribution in [0.1, 0.15) is 27.2 Å². The summed E-state index contributed by atoms with van der Waals surface area (Å²) in [6.45, 7) is 9.37. The Morgan fingerprint density at radius 1 is 1.27 bits per heavy atom. The molecule has 1 unspecified atom stereocenters. The van der Waals surface area contributed by atoms with E-state index in [-0.39, 0.29) is 0 Å². The van der Waals surface area contributed by atoms with Crippen LogP contribution in [-0.4, -0.2) is 37.7 Å². The van der Waals surface area contributed by atoms with Gasteiger partial charge in [-0.25, -0.2) is 0 Å². The third kappa shape index (κ3) is 5.22. The summed E-state index contributed by atoms with van der Waals surface area (Å²) < 4.78 is 5.52. The fourth-order valence-electron chi connectivity index (χ4n) is 1.01. The van der Waals surface area contributed by atoms with E-state index in [1.807, 2.05) is 0 Å². The first-order valence-electron chi connectivity index (χ1n) is 4.54. The molecule has 0 bridgehead atoms. The Morgan fingerprint density at radius 3 is 2.27 bits per heavy atom. The smallest absolute Gasteiger partial charge is 0.0699 e. The van der Waals surface area contributed by atoms with Gasteiger partial charge in [0.1, 0.15) is 0 Å². The minimum atomic E-state index is 0.421. The molecule has 1 atom stereocenters. The molecular weight excluding hydrogens is 138 g/mol. The Balaban J connectivity index is 3.49. The monoisotopic (exact) mass is 159 g/mol. The molecule has 0 saturated heterocycles. The molecule has 0 aliphatic heterocycles. The van der Waals surface area contributed by atoms with Crippen LogP contribution in [0.15, 0.2) is 0 Å². The van der Waals surface area contributed by atoms with Crippen molar-refractivity contribution >= 4 is 0 Å². The molecule has 0 spiro atoms. The van der Waals surface area contributed by atoms with Crippen molar-refractivity contribution in [3.05, 3.63) is 0 Å². The first-order valence-corrected chi connectivity index (χ1v) is 4.54. The lowest BCUT2D eigenvalue weighted by molar-refractivity contribution is 0.0381. The van der Waals surface area contributed by atoms with E-state index in [0.717, 1.165) is 26.1 Å². The SMILES string of the molecule is CCOC(CC)CN(C)CC. The van der Waals surface area contributed by atoms with Crippen LogP contribution in [0.25, 0.3) is 0 Å². The van der Waals surface area contributed by atoms with Crippen molar-refractivity contribution in [1.29, 1.82) is 0 Å². The zero-order valence-electron chi connectivity index (χ0n) is 8.26. The second-order valence-corrected chi connectivity index (χ2v) is 2.84. The molecule has 68 valence electrons. The average Bonchev–Trinajstić information content (AvgIpc) is 2.03. The molecule has 0 heterocycles. The second-order valence-electron chi connectivity index (χ2n) is 2.84. The molecule has 0 amide bonds. The van der Waals surface area contributed by atoms with E-state index in [1.165, 1.54) is 0 Å². The van der Waals surface area contributed by atoms with Crippen molar-refractivity contribution in [3.63, 3.8) is 0 Å². The van der Waals surface area contributed by atoms with Crippen molar-refractivity contribution < 1.29 is 4.74 Å². The molecule has 0 radical (unpaired) electrons. The van der Waals surface area contributed by atoms with E-state index < -0.39 is 0 Å². The number of hydrogen-bond donors (Lipinski definition) is 0. The summed E-state index contributed by atoms with van der Waals surface area (Å²) in [5.74, 6) is 0. The molecule has 0 aromatic carbocycles. The molecule has 0 N–H and O–H groups in total. The first kappa shape index (κ1) is 10.9. The topological polar surface area (TPSA) is 12.5 Å². The van der Waals surface area contributed by atoms with Crippen LogP contribution < -0.4 is 0 Å². The highest BCUT2D eigenvalue weighted by molar-refractivity contribution is 4.59. The zero-order chi connectivity index (χ0) is 8.69. The predicted molar refractivity (Wildman–Crippen MR) is 48.9 cm³/mol. The van der Waals surface area contributed by atoms with Crippen LogP contribution in [-0.2, 0) is 4.74 Å². The maximum Gasteiger partial charge on any atom is 0.0699 e. The van der Waals surface area contributed by atoms with Crippen molar-refractivity contribution in [3.8, 4) is 0 Å². The van der Waals surface area contributed by atoms with Crippen molar-refractivity contribution in [2.75, 3.05) is 26.7 Å². The number of ether oxygens (including phenoxy) is 1. The number of hydrogen-bond acceptors (Lipinski definition) is 2. The van der Waals surface area contributed by atoms with E-state index in [0.29, 0.717) is 6.10 Å². The summed E-state index contributed by atoms with van der Waals surface area (Å²) in [7, 11) is 2.13. The minimum absolute atomic E-state index is 0.421. The molecule has 0 aliphatic rings. The number of nitrogens with zero attached hydrogens (tertiary/aromatic N) is 1. The van der Waals surface area contributed by atoms with Crippen LogP contribution in [0.2, 0.25) is 0 Å². The van der Waals surface area contributed by atoms with Gasteiger partial charge in [-0.2, -0.15) is 0 Å². The maximum absolute atomic E-state index is 5.52. The Hall–Kier alpha value is -0.0800. The lowest BCUT2D eigenvalue weighted by atomic mass is 10.2. The Kier molecular flexibility index (Phi) is 6.57. The van der Waals surface area contributed by atoms with Crippen molar-refractivity contribution in [1.82, 2.24) is 4.90 Å². The standard InChI is InChI=1S/C9H21NO/c1-5-9(11-7-3)8-10(4)6-2/h9H,5-8H2,1-4H3. The lowest BCUT2D eigenvalue weighted by Crippen LogP contribution is -2.30. The van der Waals surface area contributed by atoms with E-state index in [1.54, 1.807) is 0 Å². The van der Waals surface area contributed by atoms with Gasteiger partial charge in [0.15, 0.2) is 0 Å². The first-order chi connectivity index (χ1) is 5.24. The van der Waals surface area contributed by atoms with Crippen LogP contribution in [0.3, 0.4) is 0 Å². The van der Waals surface area contributed by atoms with Gasteiger partial charge in [0, 0.05) is 13.2 Å². The molecule has 0 aliphatic carbocycles. The second kappa shape index (κ2) is 6.62. The normalized spacial score (nSPS) is 13.9. The van der Waals surface area contributed by atoms with Gasteiger partial charge in [-0.3, -0.25) is 0 Å². The molecule has 0 fully saturated rings. The fourth-order valence-corrected chi connectivity index (χ4v) is 1.01. The maximum atomic E-state index is 5.52. The number of rotatable bonds is 6. The highest BCUT2D eigenvalue weighted by Crippen LogP contribution is 1.99. The highest BCUT2D eigenvalue weighted by atomic mass is 16.5. The van der Waals surface area contributed by atoms with Crippen LogP contribution in [0.5, 0.6) is 0 Å². The molecule has 0 aromatic heterocycles. The van der Waals surface area contributed by atoms with Crippen molar-refractivity contribution in [2.24, 2.45) is 0 Å². The largest absolute Gasteiger partial charge is 0.377 e. The summed E-state index contributed by atoms with van der Waals surface area (Å²) >= 11 is 0. The summed E-state index contributed by atoms with van der Waals surface area (Å²) in [6, 6.07) is 0. The van der Waals surface area contributed by atoms with Crippen molar-refractivity contribution in [2.45, 2.75) is 33.3 Å². The molecular formula is C9H21NO. The van der Waals surface area contributed by atoms with Gasteiger partial charge in [0.2, 0.25) is 0 Å². The average molecular weight is 159 g/mol. The summed E-state index contributed by atoms with van der Waals surface area (Å²) in [5.41, 5.74) is 0. The van der Waals surface area contributed by atoms with E-state index in [2.05, 4.69) is 32.7 Å². The molecule has 0 saturated carbocycles. The molecule has 11 heavy (non-hydrogen) atoms. The van der Waals surface area contributed by atoms with Crippen LogP contribution >= 0.6 is 0 Å². The lowest BCUT2D eigenvalue weighted by Gasteiger charge is -2.21. The third-order valence-corrected chi connectivity index (χ3v) is 1.91. The quantitative estimate of drug-likeness (QED) is 0.585. The van der Waals surface area contributed by atoms with Crippen LogP contribution in [0, 0.1) is 0 Å². The number of likely N-dealkylation sites (N-methyl/N-ethyl adjacent to an activating group) is 1. The zero-order valence-corrected chi connectivity index (χ0v) is 8.26. The molecule has 0 aromatic rings.